The first kappa shape index (κ1) is 26.6. The molecular formula is C26H35BrN4O6. The lowest BCUT2D eigenvalue weighted by Gasteiger charge is -2.36. The maximum atomic E-state index is 13.8. The van der Waals surface area contributed by atoms with Crippen LogP contribution in [0.3, 0.4) is 0 Å². The van der Waals surface area contributed by atoms with Gasteiger partial charge < -0.3 is 30.1 Å². The molecule has 0 saturated carbocycles. The van der Waals surface area contributed by atoms with Crippen molar-refractivity contribution in [2.45, 2.75) is 48.5 Å². The molecule has 7 atom stereocenters. The molecule has 4 aliphatic rings. The molecule has 10 nitrogen and oxygen atoms in total. The van der Waals surface area contributed by atoms with Gasteiger partial charge in [-0.1, -0.05) is 46.3 Å². The van der Waals surface area contributed by atoms with Crippen LogP contribution in [0.25, 0.3) is 0 Å². The molecular weight excluding hydrogens is 544 g/mol. The highest BCUT2D eigenvalue weighted by Crippen LogP contribution is 2.60. The zero-order valence-corrected chi connectivity index (χ0v) is 22.6. The molecule has 3 amide bonds. The second kappa shape index (κ2) is 11.0. The molecule has 0 radical (unpaired) electrons. The normalized spacial score (nSPS) is 33.9. The number of ether oxygens (including phenoxy) is 2. The Balaban J connectivity index is 1.35. The van der Waals surface area contributed by atoms with Gasteiger partial charge in [0.1, 0.15) is 11.6 Å². The van der Waals surface area contributed by atoms with E-state index < -0.39 is 35.6 Å². The van der Waals surface area contributed by atoms with Gasteiger partial charge in [0.25, 0.3) is 0 Å². The van der Waals surface area contributed by atoms with Crippen molar-refractivity contribution < 1.29 is 29.0 Å². The number of morpholine rings is 1. The van der Waals surface area contributed by atoms with Crippen molar-refractivity contribution in [3.8, 4) is 0 Å². The lowest BCUT2D eigenvalue weighted by atomic mass is 9.70. The minimum Gasteiger partial charge on any atom is -0.394 e. The zero-order chi connectivity index (χ0) is 26.2. The summed E-state index contributed by atoms with van der Waals surface area (Å²) < 4.78 is 11.9. The van der Waals surface area contributed by atoms with Crippen LogP contribution >= 0.6 is 15.9 Å². The highest BCUT2D eigenvalue weighted by Gasteiger charge is 2.76. The summed E-state index contributed by atoms with van der Waals surface area (Å²) >= 11 is 3.67. The van der Waals surface area contributed by atoms with E-state index in [-0.39, 0.29) is 29.2 Å². The third-order valence-electron chi connectivity index (χ3n) is 8.16. The second-order valence-electron chi connectivity index (χ2n) is 10.4. The summed E-state index contributed by atoms with van der Waals surface area (Å²) in [5.41, 5.74) is -0.173. The first-order valence-corrected chi connectivity index (χ1v) is 13.9. The fourth-order valence-electron chi connectivity index (χ4n) is 6.39. The van der Waals surface area contributed by atoms with Gasteiger partial charge in [0.2, 0.25) is 17.7 Å². The van der Waals surface area contributed by atoms with Crippen molar-refractivity contribution in [2.75, 3.05) is 46.0 Å². The van der Waals surface area contributed by atoms with Gasteiger partial charge >= 0.3 is 0 Å². The molecule has 11 heteroatoms. The van der Waals surface area contributed by atoms with Crippen LogP contribution in [0.1, 0.15) is 18.9 Å². The first-order valence-electron chi connectivity index (χ1n) is 13.0. The number of hydrogen-bond donors (Lipinski definition) is 3. The highest BCUT2D eigenvalue weighted by atomic mass is 79.9. The van der Waals surface area contributed by atoms with Crippen LogP contribution in [0, 0.1) is 11.8 Å². The largest absolute Gasteiger partial charge is 0.394 e. The number of aliphatic hydroxyl groups is 1. The molecule has 4 aliphatic heterocycles. The van der Waals surface area contributed by atoms with Crippen LogP contribution in [-0.4, -0.2) is 107 Å². The minimum absolute atomic E-state index is 0.169. The fourth-order valence-corrected chi connectivity index (χ4v) is 7.33. The number of carbonyl (C=O) groups is 3. The van der Waals surface area contributed by atoms with Crippen molar-refractivity contribution in [3.63, 3.8) is 0 Å². The van der Waals surface area contributed by atoms with Gasteiger partial charge in [-0.2, -0.15) is 0 Å². The molecule has 0 aromatic heterocycles. The van der Waals surface area contributed by atoms with Crippen LogP contribution in [0.2, 0.25) is 0 Å². The molecule has 2 bridgehead atoms. The molecule has 0 aliphatic carbocycles. The van der Waals surface area contributed by atoms with Crippen molar-refractivity contribution in [1.29, 1.82) is 0 Å². The lowest BCUT2D eigenvalue weighted by Crippen LogP contribution is -2.58. The van der Waals surface area contributed by atoms with E-state index in [0.29, 0.717) is 39.3 Å². The molecule has 1 aromatic carbocycles. The van der Waals surface area contributed by atoms with Crippen LogP contribution in [0.5, 0.6) is 0 Å². The third-order valence-corrected chi connectivity index (χ3v) is 9.00. The monoisotopic (exact) mass is 578 g/mol. The number of fused-ring (bicyclic) bond motifs is 1. The number of aliphatic hydroxyl groups excluding tert-OH is 1. The maximum Gasteiger partial charge on any atom is 0.245 e. The summed E-state index contributed by atoms with van der Waals surface area (Å²) in [6.07, 6.45) is -0.0767. The summed E-state index contributed by atoms with van der Waals surface area (Å²) in [5, 5.41) is 15.9. The van der Waals surface area contributed by atoms with Crippen molar-refractivity contribution >= 4 is 33.7 Å². The number of rotatable bonds is 9. The molecule has 1 aromatic rings. The van der Waals surface area contributed by atoms with Gasteiger partial charge in [-0.3, -0.25) is 19.3 Å². The Bertz CT molecular complexity index is 1010. The molecule has 202 valence electrons. The average molecular weight is 579 g/mol. The van der Waals surface area contributed by atoms with Crippen LogP contribution in [0.4, 0.5) is 0 Å². The third kappa shape index (κ3) is 4.80. The molecule has 4 saturated heterocycles. The van der Waals surface area contributed by atoms with E-state index in [2.05, 4.69) is 31.5 Å². The van der Waals surface area contributed by atoms with Crippen molar-refractivity contribution in [1.82, 2.24) is 20.4 Å². The average Bonchev–Trinajstić information content (AvgIpc) is 3.51. The van der Waals surface area contributed by atoms with Crippen LogP contribution in [-0.2, 0) is 30.4 Å². The highest BCUT2D eigenvalue weighted by molar-refractivity contribution is 9.09. The van der Waals surface area contributed by atoms with E-state index >= 15 is 0 Å². The summed E-state index contributed by atoms with van der Waals surface area (Å²) in [5.74, 6) is -2.39. The Kier molecular flexibility index (Phi) is 7.88. The van der Waals surface area contributed by atoms with Crippen LogP contribution in [0.15, 0.2) is 30.3 Å². The number of nitrogens with one attached hydrogen (secondary N) is 2. The van der Waals surface area contributed by atoms with E-state index in [1.165, 1.54) is 4.90 Å². The van der Waals surface area contributed by atoms with Crippen molar-refractivity contribution in [3.05, 3.63) is 35.9 Å². The predicted octanol–water partition coefficient (Wildman–Crippen LogP) is -0.120. The number of likely N-dealkylation sites (tertiary alicyclic amines) is 1. The van der Waals surface area contributed by atoms with Gasteiger partial charge in [0.05, 0.1) is 43.8 Å². The number of halogens is 1. The molecule has 4 fully saturated rings. The quantitative estimate of drug-likeness (QED) is 0.349. The van der Waals surface area contributed by atoms with E-state index in [9.17, 15) is 19.5 Å². The zero-order valence-electron chi connectivity index (χ0n) is 21.0. The number of nitrogens with zero attached hydrogens (tertiary/aromatic N) is 2. The topological polar surface area (TPSA) is 120 Å². The Morgan fingerprint density at radius 3 is 2.62 bits per heavy atom. The molecule has 37 heavy (non-hydrogen) atoms. The van der Waals surface area contributed by atoms with Gasteiger partial charge in [0.15, 0.2) is 0 Å². The van der Waals surface area contributed by atoms with E-state index in [0.717, 1.165) is 18.7 Å². The lowest BCUT2D eigenvalue weighted by molar-refractivity contribution is -0.145. The second-order valence-corrected chi connectivity index (χ2v) is 11.6. The number of alkyl halides is 1. The van der Waals surface area contributed by atoms with Gasteiger partial charge in [-0.15, -0.1) is 0 Å². The number of benzene rings is 1. The van der Waals surface area contributed by atoms with Gasteiger partial charge in [-0.25, -0.2) is 0 Å². The minimum atomic E-state index is -1.13. The molecule has 3 N–H and O–H groups in total. The Morgan fingerprint density at radius 2 is 1.92 bits per heavy atom. The summed E-state index contributed by atoms with van der Waals surface area (Å²) in [6.45, 7) is 5.84. The summed E-state index contributed by atoms with van der Waals surface area (Å²) in [7, 11) is 0. The molecule has 3 unspecified atom stereocenters. The summed E-state index contributed by atoms with van der Waals surface area (Å²) in [6, 6.07) is 8.06. The smallest absolute Gasteiger partial charge is 0.245 e. The SMILES string of the molecule is C[C@H](CO)N1C(=O)[C@@H]2[C@@H](C(=O)NCc3ccccc3)[C@@H]3OC2(CC3Br)C1C(=O)NCCN1CCOCC1. The molecule has 1 spiro atoms. The Hall–Kier alpha value is -2.05. The Labute approximate surface area is 225 Å². The number of carbonyl (C=O) groups excluding carboxylic acids is 3. The fraction of sp³-hybridized carbons (Fsp3) is 0.654. The summed E-state index contributed by atoms with van der Waals surface area (Å²) in [4.78, 5) is 44.5. The van der Waals surface area contributed by atoms with Crippen LogP contribution < -0.4 is 10.6 Å². The standard InChI is InChI=1S/C26H35BrN4O6/c1-16(15-32)31-22(24(34)28-7-8-30-9-11-36-12-10-30)26-13-18(27)21(37-26)19(20(26)25(31)35)23(33)29-14-17-5-3-2-4-6-17/h2-6,16,18-22,32H,7-15H2,1H3,(H,28,34)(H,29,33)/t16-,18?,19-,20+,21-,22?,26?/m1/s1. The van der Waals surface area contributed by atoms with Gasteiger partial charge in [0, 0.05) is 37.6 Å². The molecule has 4 heterocycles. The first-order chi connectivity index (χ1) is 17.9. The number of amides is 3. The molecule has 5 rings (SSSR count). The Morgan fingerprint density at radius 1 is 1.19 bits per heavy atom. The van der Waals surface area contributed by atoms with E-state index in [4.69, 9.17) is 9.47 Å². The van der Waals surface area contributed by atoms with E-state index in [1.54, 1.807) is 6.92 Å². The van der Waals surface area contributed by atoms with E-state index in [1.807, 2.05) is 30.3 Å². The number of hydrogen-bond acceptors (Lipinski definition) is 7. The predicted molar refractivity (Wildman–Crippen MR) is 138 cm³/mol. The van der Waals surface area contributed by atoms with Gasteiger partial charge in [-0.05, 0) is 18.9 Å². The maximum absolute atomic E-state index is 13.8. The van der Waals surface area contributed by atoms with Crippen molar-refractivity contribution in [2.24, 2.45) is 11.8 Å².